The molecule has 0 aliphatic carbocycles. The molecular weight excluding hydrogens is 269 g/mol. The molecule has 0 spiro atoms. The molecule has 4 heteroatoms. The zero-order chi connectivity index (χ0) is 15.2. The van der Waals surface area contributed by atoms with E-state index in [1.54, 1.807) is 19.2 Å². The van der Waals surface area contributed by atoms with Crippen molar-refractivity contribution in [1.29, 1.82) is 0 Å². The third-order valence-corrected chi connectivity index (χ3v) is 3.04. The Labute approximate surface area is 124 Å². The van der Waals surface area contributed by atoms with Gasteiger partial charge >= 0.3 is 0 Å². The van der Waals surface area contributed by atoms with Gasteiger partial charge in [-0.15, -0.1) is 0 Å². The van der Waals surface area contributed by atoms with E-state index in [0.29, 0.717) is 30.1 Å². The van der Waals surface area contributed by atoms with Crippen molar-refractivity contribution < 1.29 is 13.9 Å². The standard InChI is InChI=1S/C17H20FNO2/c1-12(19)9-15-16(18)7-4-8-17(15)21-14-6-3-5-13(10-14)11-20-2/h3-8,10,12H,9,11,19H2,1-2H3. The summed E-state index contributed by atoms with van der Waals surface area (Å²) in [6.45, 7) is 2.35. The molecule has 112 valence electrons. The first-order chi connectivity index (χ1) is 10.1. The summed E-state index contributed by atoms with van der Waals surface area (Å²) in [6.07, 6.45) is 0.430. The minimum absolute atomic E-state index is 0.135. The highest BCUT2D eigenvalue weighted by atomic mass is 19.1. The summed E-state index contributed by atoms with van der Waals surface area (Å²) in [7, 11) is 1.64. The SMILES string of the molecule is COCc1cccc(Oc2cccc(F)c2CC(C)N)c1. The Kier molecular flexibility index (Phi) is 5.31. The van der Waals surface area contributed by atoms with Crippen LogP contribution in [0.15, 0.2) is 42.5 Å². The van der Waals surface area contributed by atoms with Gasteiger partial charge in [0.05, 0.1) is 6.61 Å². The van der Waals surface area contributed by atoms with E-state index in [-0.39, 0.29) is 11.9 Å². The number of methoxy groups -OCH3 is 1. The van der Waals surface area contributed by atoms with Crippen LogP contribution in [-0.4, -0.2) is 13.2 Å². The Balaban J connectivity index is 2.26. The Morgan fingerprint density at radius 2 is 1.95 bits per heavy atom. The van der Waals surface area contributed by atoms with Gasteiger partial charge in [0.2, 0.25) is 0 Å². The van der Waals surface area contributed by atoms with E-state index in [1.807, 2.05) is 31.2 Å². The summed E-state index contributed by atoms with van der Waals surface area (Å²) < 4.78 is 24.9. The van der Waals surface area contributed by atoms with Crippen molar-refractivity contribution in [3.63, 3.8) is 0 Å². The molecule has 1 unspecified atom stereocenters. The van der Waals surface area contributed by atoms with Crippen LogP contribution in [0.3, 0.4) is 0 Å². The van der Waals surface area contributed by atoms with Gasteiger partial charge < -0.3 is 15.2 Å². The highest BCUT2D eigenvalue weighted by molar-refractivity contribution is 5.40. The van der Waals surface area contributed by atoms with Crippen LogP contribution >= 0.6 is 0 Å². The first kappa shape index (κ1) is 15.5. The maximum Gasteiger partial charge on any atom is 0.133 e. The molecule has 0 radical (unpaired) electrons. The van der Waals surface area contributed by atoms with Gasteiger partial charge in [0, 0.05) is 18.7 Å². The molecule has 0 heterocycles. The minimum atomic E-state index is -0.294. The van der Waals surface area contributed by atoms with Crippen LogP contribution in [0.1, 0.15) is 18.1 Å². The second-order valence-electron chi connectivity index (χ2n) is 5.08. The highest BCUT2D eigenvalue weighted by Gasteiger charge is 2.12. The maximum absolute atomic E-state index is 14.0. The molecule has 0 bridgehead atoms. The monoisotopic (exact) mass is 289 g/mol. The number of hydrogen-bond donors (Lipinski definition) is 1. The minimum Gasteiger partial charge on any atom is -0.457 e. The van der Waals surface area contributed by atoms with E-state index in [4.69, 9.17) is 15.2 Å². The van der Waals surface area contributed by atoms with E-state index >= 15 is 0 Å². The molecule has 2 aromatic carbocycles. The summed E-state index contributed by atoms with van der Waals surface area (Å²) >= 11 is 0. The van der Waals surface area contributed by atoms with Gasteiger partial charge in [0.25, 0.3) is 0 Å². The third kappa shape index (κ3) is 4.28. The van der Waals surface area contributed by atoms with E-state index in [2.05, 4.69) is 0 Å². The Bertz CT molecular complexity index is 599. The number of nitrogens with two attached hydrogens (primary N) is 1. The first-order valence-electron chi connectivity index (χ1n) is 6.89. The van der Waals surface area contributed by atoms with Crippen molar-refractivity contribution in [3.05, 3.63) is 59.4 Å². The molecule has 0 aliphatic heterocycles. The van der Waals surface area contributed by atoms with Crippen LogP contribution in [-0.2, 0) is 17.8 Å². The second-order valence-corrected chi connectivity index (χ2v) is 5.08. The molecule has 21 heavy (non-hydrogen) atoms. The molecule has 0 amide bonds. The van der Waals surface area contributed by atoms with Crippen molar-refractivity contribution in [2.24, 2.45) is 5.73 Å². The fourth-order valence-electron chi connectivity index (χ4n) is 2.15. The van der Waals surface area contributed by atoms with E-state index in [0.717, 1.165) is 5.56 Å². The lowest BCUT2D eigenvalue weighted by molar-refractivity contribution is 0.184. The van der Waals surface area contributed by atoms with Gasteiger partial charge in [-0.25, -0.2) is 4.39 Å². The summed E-state index contributed by atoms with van der Waals surface area (Å²) in [5, 5.41) is 0. The van der Waals surface area contributed by atoms with Crippen molar-refractivity contribution in [2.45, 2.75) is 26.0 Å². The number of ether oxygens (including phenoxy) is 2. The molecule has 0 aliphatic rings. The number of halogens is 1. The zero-order valence-corrected chi connectivity index (χ0v) is 12.3. The van der Waals surface area contributed by atoms with Crippen LogP contribution in [0.4, 0.5) is 4.39 Å². The average Bonchev–Trinajstić information content (AvgIpc) is 2.43. The molecule has 2 aromatic rings. The summed E-state index contributed by atoms with van der Waals surface area (Å²) in [6, 6.07) is 12.2. The van der Waals surface area contributed by atoms with E-state index < -0.39 is 0 Å². The largest absolute Gasteiger partial charge is 0.457 e. The zero-order valence-electron chi connectivity index (χ0n) is 12.3. The fourth-order valence-corrected chi connectivity index (χ4v) is 2.15. The van der Waals surface area contributed by atoms with Crippen LogP contribution in [0.25, 0.3) is 0 Å². The van der Waals surface area contributed by atoms with Crippen molar-refractivity contribution in [3.8, 4) is 11.5 Å². The molecule has 0 aromatic heterocycles. The summed E-state index contributed by atoms with van der Waals surface area (Å²) in [4.78, 5) is 0. The number of rotatable bonds is 6. The molecule has 1 atom stereocenters. The van der Waals surface area contributed by atoms with Gasteiger partial charge in [-0.05, 0) is 43.2 Å². The van der Waals surface area contributed by atoms with Gasteiger partial charge in [0.1, 0.15) is 17.3 Å². The van der Waals surface area contributed by atoms with Crippen molar-refractivity contribution in [2.75, 3.05) is 7.11 Å². The van der Waals surface area contributed by atoms with Crippen molar-refractivity contribution >= 4 is 0 Å². The molecule has 3 nitrogen and oxygen atoms in total. The smallest absolute Gasteiger partial charge is 0.133 e. The number of benzene rings is 2. The fraction of sp³-hybridized carbons (Fsp3) is 0.294. The third-order valence-electron chi connectivity index (χ3n) is 3.04. The quantitative estimate of drug-likeness (QED) is 0.882. The van der Waals surface area contributed by atoms with Gasteiger partial charge in [0.15, 0.2) is 0 Å². The lowest BCUT2D eigenvalue weighted by atomic mass is 10.1. The molecule has 2 N–H and O–H groups in total. The lowest BCUT2D eigenvalue weighted by Gasteiger charge is -2.14. The van der Waals surface area contributed by atoms with Crippen molar-refractivity contribution in [1.82, 2.24) is 0 Å². The Hall–Kier alpha value is -1.91. The lowest BCUT2D eigenvalue weighted by Crippen LogP contribution is -2.19. The molecule has 0 fully saturated rings. The van der Waals surface area contributed by atoms with Crippen LogP contribution in [0.2, 0.25) is 0 Å². The van der Waals surface area contributed by atoms with Gasteiger partial charge in [-0.2, -0.15) is 0 Å². The van der Waals surface area contributed by atoms with Crippen LogP contribution in [0.5, 0.6) is 11.5 Å². The molecule has 0 saturated heterocycles. The Morgan fingerprint density at radius 1 is 1.19 bits per heavy atom. The van der Waals surface area contributed by atoms with E-state index in [1.165, 1.54) is 6.07 Å². The van der Waals surface area contributed by atoms with Gasteiger partial charge in [-0.1, -0.05) is 18.2 Å². The molecular formula is C17H20FNO2. The Morgan fingerprint density at radius 3 is 2.67 bits per heavy atom. The van der Waals surface area contributed by atoms with Crippen LogP contribution < -0.4 is 10.5 Å². The van der Waals surface area contributed by atoms with E-state index in [9.17, 15) is 4.39 Å². The maximum atomic E-state index is 14.0. The summed E-state index contributed by atoms with van der Waals surface area (Å²) in [5.74, 6) is 0.862. The molecule has 0 saturated carbocycles. The van der Waals surface area contributed by atoms with Crippen LogP contribution in [0, 0.1) is 5.82 Å². The summed E-state index contributed by atoms with van der Waals surface area (Å²) in [5.41, 5.74) is 7.28. The predicted molar refractivity (Wildman–Crippen MR) is 81.0 cm³/mol. The predicted octanol–water partition coefficient (Wildman–Crippen LogP) is 3.65. The average molecular weight is 289 g/mol. The highest BCUT2D eigenvalue weighted by Crippen LogP contribution is 2.28. The molecule has 2 rings (SSSR count). The number of hydrogen-bond acceptors (Lipinski definition) is 3. The topological polar surface area (TPSA) is 44.5 Å². The van der Waals surface area contributed by atoms with Gasteiger partial charge in [-0.3, -0.25) is 0 Å². The first-order valence-corrected chi connectivity index (χ1v) is 6.89. The second kappa shape index (κ2) is 7.20. The normalized spacial score (nSPS) is 12.2.